The molecule has 0 bridgehead atoms. The molecule has 0 aromatic heterocycles. The number of ether oxygens (including phenoxy) is 1. The van der Waals surface area contributed by atoms with E-state index < -0.39 is 33.7 Å². The lowest BCUT2D eigenvalue weighted by atomic mass is 10.2. The number of carbonyl (C=O) groups is 1. The third-order valence-corrected chi connectivity index (χ3v) is 4.76. The fourth-order valence-corrected chi connectivity index (χ4v) is 3.36. The molecule has 0 spiro atoms. The van der Waals surface area contributed by atoms with Gasteiger partial charge in [-0.1, -0.05) is 12.1 Å². The highest BCUT2D eigenvalue weighted by molar-refractivity contribution is 7.92. The van der Waals surface area contributed by atoms with Gasteiger partial charge in [-0.3, -0.25) is 9.10 Å². The summed E-state index contributed by atoms with van der Waals surface area (Å²) >= 11 is 0. The molecule has 1 N–H and O–H groups in total. The molecule has 2 aromatic carbocycles. The summed E-state index contributed by atoms with van der Waals surface area (Å²) in [6.07, 6.45) is -0.114. The van der Waals surface area contributed by atoms with E-state index in [2.05, 4.69) is 5.32 Å². The van der Waals surface area contributed by atoms with Crippen LogP contribution in [0.1, 0.15) is 0 Å². The number of para-hydroxylation sites is 2. The summed E-state index contributed by atoms with van der Waals surface area (Å²) in [6, 6.07) is 9.33. The first-order valence-corrected chi connectivity index (χ1v) is 9.10. The van der Waals surface area contributed by atoms with E-state index in [9.17, 15) is 22.0 Å². The Kier molecular flexibility index (Phi) is 4.34. The second-order valence-electron chi connectivity index (χ2n) is 5.49. The topological polar surface area (TPSA) is 75.7 Å². The lowest BCUT2D eigenvalue weighted by Gasteiger charge is -2.33. The molecule has 1 atom stereocenters. The van der Waals surface area contributed by atoms with E-state index in [1.54, 1.807) is 24.3 Å². The van der Waals surface area contributed by atoms with Gasteiger partial charge in [-0.15, -0.1) is 0 Å². The lowest BCUT2D eigenvalue weighted by molar-refractivity contribution is -0.122. The third kappa shape index (κ3) is 3.55. The Labute approximate surface area is 143 Å². The zero-order valence-corrected chi connectivity index (χ0v) is 13.9. The van der Waals surface area contributed by atoms with Gasteiger partial charge >= 0.3 is 0 Å². The molecule has 1 unspecified atom stereocenters. The van der Waals surface area contributed by atoms with Crippen molar-refractivity contribution < 1.29 is 26.7 Å². The van der Waals surface area contributed by atoms with Gasteiger partial charge < -0.3 is 10.1 Å². The first kappa shape index (κ1) is 17.2. The van der Waals surface area contributed by atoms with Crippen molar-refractivity contribution in [3.63, 3.8) is 0 Å². The van der Waals surface area contributed by atoms with Crippen LogP contribution in [-0.4, -0.2) is 33.2 Å². The molecule has 9 heteroatoms. The first-order chi connectivity index (χ1) is 11.8. The SMILES string of the molecule is CS(=O)(=O)N1CC(C(=O)Nc2ccc(F)c(F)c2)Oc2ccccc21. The van der Waals surface area contributed by atoms with Crippen molar-refractivity contribution in [1.82, 2.24) is 0 Å². The lowest BCUT2D eigenvalue weighted by Crippen LogP contribution is -2.48. The number of rotatable bonds is 3. The first-order valence-electron chi connectivity index (χ1n) is 7.25. The molecule has 2 aromatic rings. The predicted molar refractivity (Wildman–Crippen MR) is 88.0 cm³/mol. The number of carbonyl (C=O) groups excluding carboxylic acids is 1. The number of hydrogen-bond donors (Lipinski definition) is 1. The largest absolute Gasteiger partial charge is 0.476 e. The van der Waals surface area contributed by atoms with Crippen LogP contribution in [0.25, 0.3) is 0 Å². The quantitative estimate of drug-likeness (QED) is 0.901. The van der Waals surface area contributed by atoms with Gasteiger partial charge in [-0.2, -0.15) is 0 Å². The van der Waals surface area contributed by atoms with Crippen molar-refractivity contribution in [1.29, 1.82) is 0 Å². The average molecular weight is 368 g/mol. The Morgan fingerprint density at radius 3 is 2.60 bits per heavy atom. The highest BCUT2D eigenvalue weighted by Crippen LogP contribution is 2.34. The van der Waals surface area contributed by atoms with E-state index in [1.165, 1.54) is 6.07 Å². The summed E-state index contributed by atoms with van der Waals surface area (Å²) in [7, 11) is -3.63. The number of hydrogen-bond acceptors (Lipinski definition) is 4. The standard InChI is InChI=1S/C16H14F2N2O4S/c1-25(22,23)20-9-15(24-14-5-3-2-4-13(14)20)16(21)19-10-6-7-11(17)12(18)8-10/h2-8,15H,9H2,1H3,(H,19,21). The van der Waals surface area contributed by atoms with Gasteiger partial charge in [0.25, 0.3) is 5.91 Å². The molecule has 3 rings (SSSR count). The minimum atomic E-state index is -3.63. The summed E-state index contributed by atoms with van der Waals surface area (Å²) in [5.41, 5.74) is 0.374. The van der Waals surface area contributed by atoms with Gasteiger partial charge in [0.1, 0.15) is 5.75 Å². The minimum Gasteiger partial charge on any atom is -0.476 e. The van der Waals surface area contributed by atoms with Crippen LogP contribution in [-0.2, 0) is 14.8 Å². The monoisotopic (exact) mass is 368 g/mol. The fourth-order valence-electron chi connectivity index (χ4n) is 2.45. The van der Waals surface area contributed by atoms with Gasteiger partial charge in [0.15, 0.2) is 17.7 Å². The van der Waals surface area contributed by atoms with Crippen molar-refractivity contribution in [2.45, 2.75) is 6.10 Å². The number of nitrogens with zero attached hydrogens (tertiary/aromatic N) is 1. The van der Waals surface area contributed by atoms with Crippen LogP contribution in [0.4, 0.5) is 20.2 Å². The molecule has 1 amide bonds. The maximum absolute atomic E-state index is 13.2. The minimum absolute atomic E-state index is 0.0391. The molecular formula is C16H14F2N2O4S. The van der Waals surface area contributed by atoms with Crippen molar-refractivity contribution >= 4 is 27.3 Å². The highest BCUT2D eigenvalue weighted by atomic mass is 32.2. The van der Waals surface area contributed by atoms with Crippen molar-refractivity contribution in [2.75, 3.05) is 22.4 Å². The normalized spacial score (nSPS) is 16.8. The number of sulfonamides is 1. The highest BCUT2D eigenvalue weighted by Gasteiger charge is 2.34. The number of nitrogens with one attached hydrogen (secondary N) is 1. The maximum atomic E-state index is 13.2. The molecule has 0 fully saturated rings. The zero-order valence-electron chi connectivity index (χ0n) is 13.1. The summed E-state index contributed by atoms with van der Waals surface area (Å²) in [5.74, 6) is -2.58. The van der Waals surface area contributed by atoms with E-state index in [0.29, 0.717) is 5.69 Å². The van der Waals surface area contributed by atoms with Gasteiger partial charge in [0.2, 0.25) is 10.0 Å². The molecule has 25 heavy (non-hydrogen) atoms. The number of fused-ring (bicyclic) bond motifs is 1. The van der Waals surface area contributed by atoms with Crippen LogP contribution in [0, 0.1) is 11.6 Å². The van der Waals surface area contributed by atoms with Crippen LogP contribution in [0.3, 0.4) is 0 Å². The van der Waals surface area contributed by atoms with Crippen LogP contribution in [0.2, 0.25) is 0 Å². The van der Waals surface area contributed by atoms with Gasteiger partial charge in [0.05, 0.1) is 18.5 Å². The molecule has 1 aliphatic heterocycles. The molecule has 1 heterocycles. The smallest absolute Gasteiger partial charge is 0.267 e. The van der Waals surface area contributed by atoms with Crippen LogP contribution < -0.4 is 14.4 Å². The zero-order chi connectivity index (χ0) is 18.2. The summed E-state index contributed by atoms with van der Waals surface area (Å²) in [6.45, 7) is -0.231. The Morgan fingerprint density at radius 1 is 1.20 bits per heavy atom. The van der Waals surface area contributed by atoms with E-state index in [1.807, 2.05) is 0 Å². The number of halogens is 2. The van der Waals surface area contributed by atoms with Crippen LogP contribution in [0.5, 0.6) is 5.75 Å². The van der Waals surface area contributed by atoms with Gasteiger partial charge in [-0.05, 0) is 24.3 Å². The summed E-state index contributed by atoms with van der Waals surface area (Å²) in [4.78, 5) is 12.4. The molecular weight excluding hydrogens is 354 g/mol. The number of amides is 1. The molecule has 6 nitrogen and oxygen atoms in total. The van der Waals surface area contributed by atoms with E-state index in [4.69, 9.17) is 4.74 Å². The molecule has 0 aliphatic carbocycles. The Morgan fingerprint density at radius 2 is 1.92 bits per heavy atom. The molecule has 0 saturated carbocycles. The number of benzene rings is 2. The van der Waals surface area contributed by atoms with Crippen LogP contribution >= 0.6 is 0 Å². The van der Waals surface area contributed by atoms with Gasteiger partial charge in [0, 0.05) is 11.8 Å². The van der Waals surface area contributed by atoms with E-state index >= 15 is 0 Å². The average Bonchev–Trinajstić information content (AvgIpc) is 2.56. The molecule has 0 radical (unpaired) electrons. The van der Waals surface area contributed by atoms with Crippen molar-refractivity contribution in [2.24, 2.45) is 0 Å². The van der Waals surface area contributed by atoms with Crippen LogP contribution in [0.15, 0.2) is 42.5 Å². The molecule has 0 saturated heterocycles. The fraction of sp³-hybridized carbons (Fsp3) is 0.188. The Hall–Kier alpha value is -2.68. The molecule has 1 aliphatic rings. The maximum Gasteiger partial charge on any atom is 0.267 e. The van der Waals surface area contributed by atoms with Crippen molar-refractivity contribution in [3.8, 4) is 5.75 Å². The van der Waals surface area contributed by atoms with Gasteiger partial charge in [-0.25, -0.2) is 17.2 Å². The second-order valence-corrected chi connectivity index (χ2v) is 7.39. The Bertz CT molecular complexity index is 933. The summed E-state index contributed by atoms with van der Waals surface area (Å²) in [5, 5.41) is 2.39. The number of anilines is 2. The third-order valence-electron chi connectivity index (χ3n) is 3.61. The predicted octanol–water partition coefficient (Wildman–Crippen LogP) is 2.13. The van der Waals surface area contributed by atoms with E-state index in [-0.39, 0.29) is 18.0 Å². The second kappa shape index (κ2) is 6.32. The Balaban J connectivity index is 1.85. The summed E-state index contributed by atoms with van der Waals surface area (Å²) < 4.78 is 56.8. The van der Waals surface area contributed by atoms with Crippen molar-refractivity contribution in [3.05, 3.63) is 54.1 Å². The molecule has 132 valence electrons. The van der Waals surface area contributed by atoms with E-state index in [0.717, 1.165) is 22.7 Å².